The highest BCUT2D eigenvalue weighted by Gasteiger charge is 2.12. The molecule has 2 rings (SSSR count). The van der Waals surface area contributed by atoms with Gasteiger partial charge in [0.25, 0.3) is 5.56 Å². The van der Waals surface area contributed by atoms with Crippen LogP contribution in [-0.4, -0.2) is 26.5 Å². The van der Waals surface area contributed by atoms with Gasteiger partial charge in [-0.25, -0.2) is 0 Å². The van der Waals surface area contributed by atoms with E-state index in [0.29, 0.717) is 16.3 Å². The Morgan fingerprint density at radius 1 is 1.52 bits per heavy atom. The third-order valence-corrected chi connectivity index (χ3v) is 3.91. The molecule has 0 aliphatic carbocycles. The van der Waals surface area contributed by atoms with Gasteiger partial charge in [-0.1, -0.05) is 23.4 Å². The number of nitrogen functional groups attached to an aromatic ring is 1. The number of carbonyl (C=O) groups is 1. The van der Waals surface area contributed by atoms with Gasteiger partial charge in [-0.05, 0) is 25.1 Å². The molecule has 0 saturated carbocycles. The molecule has 0 spiro atoms. The lowest BCUT2D eigenvalue weighted by molar-refractivity contribution is -0.113. The second-order valence-electron chi connectivity index (χ2n) is 4.38. The van der Waals surface area contributed by atoms with Crippen LogP contribution in [-0.2, 0) is 4.79 Å². The van der Waals surface area contributed by atoms with Crippen molar-refractivity contribution in [1.82, 2.24) is 14.9 Å². The fourth-order valence-electron chi connectivity index (χ4n) is 1.60. The minimum Gasteiger partial charge on any atom is -0.334 e. The maximum Gasteiger partial charge on any atom is 0.294 e. The predicted molar refractivity (Wildman–Crippen MR) is 86.7 cm³/mol. The van der Waals surface area contributed by atoms with Crippen LogP contribution in [0.1, 0.15) is 11.3 Å². The van der Waals surface area contributed by atoms with Gasteiger partial charge >= 0.3 is 0 Å². The highest BCUT2D eigenvalue weighted by Crippen LogP contribution is 2.21. The summed E-state index contributed by atoms with van der Waals surface area (Å²) in [5.74, 6) is 5.11. The molecule has 0 unspecified atom stereocenters. The molecule has 1 amide bonds. The fourth-order valence-corrected chi connectivity index (χ4v) is 2.43. The lowest BCUT2D eigenvalue weighted by Crippen LogP contribution is -2.32. The van der Waals surface area contributed by atoms with Crippen LogP contribution in [0.25, 0.3) is 0 Å². The van der Waals surface area contributed by atoms with Crippen LogP contribution in [0.4, 0.5) is 5.69 Å². The molecule has 0 aliphatic heterocycles. The molecule has 8 nitrogen and oxygen atoms in total. The van der Waals surface area contributed by atoms with Gasteiger partial charge in [0.1, 0.15) is 11.8 Å². The number of nitriles is 1. The van der Waals surface area contributed by atoms with Crippen molar-refractivity contribution in [2.75, 3.05) is 16.9 Å². The Kier molecular flexibility index (Phi) is 5.20. The Balaban J connectivity index is 2.07. The van der Waals surface area contributed by atoms with Gasteiger partial charge in [-0.15, -0.1) is 10.2 Å². The smallest absolute Gasteiger partial charge is 0.294 e. The van der Waals surface area contributed by atoms with Crippen LogP contribution in [0.15, 0.2) is 28.2 Å². The van der Waals surface area contributed by atoms with E-state index in [1.165, 1.54) is 19.1 Å². The summed E-state index contributed by atoms with van der Waals surface area (Å²) in [7, 11) is 0. The molecule has 1 aromatic heterocycles. The predicted octanol–water partition coefficient (Wildman–Crippen LogP) is 0.916. The number of nitrogens with zero attached hydrogens (tertiary/aromatic N) is 4. The van der Waals surface area contributed by atoms with Crippen LogP contribution in [0.5, 0.6) is 0 Å². The van der Waals surface area contributed by atoms with E-state index in [9.17, 15) is 9.59 Å². The molecular weight excluding hydrogens is 340 g/mol. The average Bonchev–Trinajstić information content (AvgIpc) is 2.52. The molecule has 0 radical (unpaired) electrons. The van der Waals surface area contributed by atoms with Crippen molar-refractivity contribution in [3.8, 4) is 6.07 Å². The van der Waals surface area contributed by atoms with E-state index >= 15 is 0 Å². The summed E-state index contributed by atoms with van der Waals surface area (Å²) in [5.41, 5.74) is 0.285. The molecule has 0 saturated heterocycles. The molecule has 0 fully saturated rings. The Labute approximate surface area is 140 Å². The molecule has 1 aromatic carbocycles. The largest absolute Gasteiger partial charge is 0.334 e. The minimum absolute atomic E-state index is 0.0637. The minimum atomic E-state index is -0.482. The highest BCUT2D eigenvalue weighted by atomic mass is 35.5. The maximum absolute atomic E-state index is 12.0. The van der Waals surface area contributed by atoms with E-state index in [0.717, 1.165) is 16.4 Å². The maximum atomic E-state index is 12.0. The first kappa shape index (κ1) is 16.8. The molecule has 23 heavy (non-hydrogen) atoms. The fraction of sp³-hybridized carbons (Fsp3) is 0.154. The molecule has 0 aliphatic rings. The van der Waals surface area contributed by atoms with E-state index in [-0.39, 0.29) is 16.6 Å². The molecule has 3 N–H and O–H groups in total. The molecule has 118 valence electrons. The summed E-state index contributed by atoms with van der Waals surface area (Å²) < 4.78 is 0.834. The molecule has 10 heteroatoms. The van der Waals surface area contributed by atoms with E-state index in [1.807, 2.05) is 6.07 Å². The summed E-state index contributed by atoms with van der Waals surface area (Å²) >= 11 is 6.80. The topological polar surface area (TPSA) is 127 Å². The first-order chi connectivity index (χ1) is 10.9. The van der Waals surface area contributed by atoms with Crippen molar-refractivity contribution in [3.63, 3.8) is 0 Å². The van der Waals surface area contributed by atoms with E-state index in [2.05, 4.69) is 15.5 Å². The zero-order valence-corrected chi connectivity index (χ0v) is 13.5. The average molecular weight is 351 g/mol. The first-order valence-corrected chi connectivity index (χ1v) is 7.62. The number of carbonyl (C=O) groups excluding carboxylic acids is 1. The van der Waals surface area contributed by atoms with Crippen molar-refractivity contribution >= 4 is 35.0 Å². The number of nitrogens with two attached hydrogens (primary N) is 1. The number of anilines is 1. The Morgan fingerprint density at radius 2 is 2.26 bits per heavy atom. The van der Waals surface area contributed by atoms with Gasteiger partial charge < -0.3 is 11.2 Å². The number of benzene rings is 1. The molecule has 2 aromatic rings. The van der Waals surface area contributed by atoms with Crippen LogP contribution < -0.4 is 16.7 Å². The second kappa shape index (κ2) is 7.13. The Bertz CT molecular complexity index is 861. The van der Waals surface area contributed by atoms with Gasteiger partial charge in [0.15, 0.2) is 0 Å². The van der Waals surface area contributed by atoms with Crippen molar-refractivity contribution < 1.29 is 4.79 Å². The van der Waals surface area contributed by atoms with Crippen molar-refractivity contribution in [3.05, 3.63) is 44.8 Å². The quantitative estimate of drug-likeness (QED) is 0.619. The van der Waals surface area contributed by atoms with E-state index in [4.69, 9.17) is 22.7 Å². The number of hydrogen-bond donors (Lipinski definition) is 2. The third-order valence-electron chi connectivity index (χ3n) is 2.73. The summed E-state index contributed by atoms with van der Waals surface area (Å²) in [5, 5.41) is 19.5. The SMILES string of the molecule is Cc1nnc(SCC(=O)Nc2cc(Cl)ccc2C#N)n(N)c1=O. The highest BCUT2D eigenvalue weighted by molar-refractivity contribution is 7.99. The van der Waals surface area contributed by atoms with Gasteiger partial charge in [0, 0.05) is 5.02 Å². The number of rotatable bonds is 4. The first-order valence-electron chi connectivity index (χ1n) is 6.26. The lowest BCUT2D eigenvalue weighted by Gasteiger charge is -2.08. The monoisotopic (exact) mass is 350 g/mol. The Hall–Kier alpha value is -2.57. The number of amides is 1. The molecule has 0 atom stereocenters. The van der Waals surface area contributed by atoms with Crippen LogP contribution in [0.2, 0.25) is 5.02 Å². The van der Waals surface area contributed by atoms with Gasteiger partial charge in [0.2, 0.25) is 11.1 Å². The van der Waals surface area contributed by atoms with E-state index < -0.39 is 11.5 Å². The van der Waals surface area contributed by atoms with Gasteiger partial charge in [-0.2, -0.15) is 9.94 Å². The van der Waals surface area contributed by atoms with Gasteiger partial charge in [0.05, 0.1) is 17.0 Å². The number of halogens is 1. The summed E-state index contributed by atoms with van der Waals surface area (Å²) in [6.07, 6.45) is 0. The molecule has 0 bridgehead atoms. The molecular formula is C13H11ClN6O2S. The zero-order valence-electron chi connectivity index (χ0n) is 11.9. The summed E-state index contributed by atoms with van der Waals surface area (Å²) in [4.78, 5) is 23.6. The third kappa shape index (κ3) is 4.00. The van der Waals surface area contributed by atoms with Crippen LogP contribution in [0, 0.1) is 18.3 Å². The normalized spacial score (nSPS) is 10.1. The summed E-state index contributed by atoms with van der Waals surface area (Å²) in [6, 6.07) is 6.50. The lowest BCUT2D eigenvalue weighted by atomic mass is 10.2. The number of aromatic nitrogens is 3. The number of hydrogen-bond acceptors (Lipinski definition) is 7. The number of thioether (sulfide) groups is 1. The van der Waals surface area contributed by atoms with Crippen LogP contribution >= 0.6 is 23.4 Å². The second-order valence-corrected chi connectivity index (χ2v) is 5.76. The standard InChI is InChI=1S/C13H11ClN6O2S/c1-7-12(22)20(16)13(19-18-7)23-6-11(21)17-10-4-9(14)3-2-8(10)5-15/h2-4H,6,16H2,1H3,(H,17,21). The van der Waals surface area contributed by atoms with E-state index in [1.54, 1.807) is 6.07 Å². The zero-order chi connectivity index (χ0) is 17.0. The van der Waals surface area contributed by atoms with Crippen LogP contribution in [0.3, 0.4) is 0 Å². The van der Waals surface area contributed by atoms with Crippen molar-refractivity contribution in [1.29, 1.82) is 5.26 Å². The van der Waals surface area contributed by atoms with Gasteiger partial charge in [-0.3, -0.25) is 9.59 Å². The molecule has 1 heterocycles. The number of nitrogens with one attached hydrogen (secondary N) is 1. The number of aryl methyl sites for hydroxylation is 1. The summed E-state index contributed by atoms with van der Waals surface area (Å²) in [6.45, 7) is 1.49. The van der Waals surface area contributed by atoms with Crippen molar-refractivity contribution in [2.24, 2.45) is 0 Å². The van der Waals surface area contributed by atoms with Crippen molar-refractivity contribution in [2.45, 2.75) is 12.1 Å². The Morgan fingerprint density at radius 3 is 2.96 bits per heavy atom.